The monoisotopic (exact) mass is 499 g/mol. The first-order chi connectivity index (χ1) is 15.1. The number of anilines is 1. The van der Waals surface area contributed by atoms with E-state index in [9.17, 15) is 14.0 Å². The minimum atomic E-state index is -2.21. The molecule has 0 atom stereocenters. The largest absolute Gasteiger partial charge is 0.415 e. The molecule has 0 aliphatic heterocycles. The topological polar surface area (TPSA) is 63.6 Å². The van der Waals surface area contributed by atoms with Gasteiger partial charge in [0.2, 0.25) is 0 Å². The van der Waals surface area contributed by atoms with Gasteiger partial charge in [0.15, 0.2) is 5.75 Å². The molecule has 2 aromatic carbocycles. The molecule has 32 heavy (non-hydrogen) atoms. The lowest BCUT2D eigenvalue weighted by Crippen LogP contribution is -2.33. The van der Waals surface area contributed by atoms with Crippen molar-refractivity contribution in [2.24, 2.45) is 0 Å². The predicted molar refractivity (Wildman–Crippen MR) is 125 cm³/mol. The van der Waals surface area contributed by atoms with Gasteiger partial charge in [0.25, 0.3) is 9.70 Å². The smallest absolute Gasteiger partial charge is 0.408 e. The highest BCUT2D eigenvalue weighted by Crippen LogP contribution is 2.37. The van der Waals surface area contributed by atoms with Crippen molar-refractivity contribution in [2.45, 2.75) is 24.2 Å². The summed E-state index contributed by atoms with van der Waals surface area (Å²) in [5.41, 5.74) is 1.82. The number of alkyl halides is 3. The van der Waals surface area contributed by atoms with Gasteiger partial charge in [0.1, 0.15) is 5.82 Å². The minimum Gasteiger partial charge on any atom is -0.408 e. The Balaban J connectivity index is 2.02. The Morgan fingerprint density at radius 1 is 1.06 bits per heavy atom. The summed E-state index contributed by atoms with van der Waals surface area (Å²) in [6.45, 7) is 5.03. The van der Waals surface area contributed by atoms with Crippen LogP contribution < -0.4 is 10.1 Å². The quantitative estimate of drug-likeness (QED) is 0.424. The molecule has 2 amide bonds. The van der Waals surface area contributed by atoms with Gasteiger partial charge >= 0.3 is 6.09 Å². The number of halogens is 4. The van der Waals surface area contributed by atoms with Crippen LogP contribution in [0.4, 0.5) is 14.9 Å². The Bertz CT molecular complexity index is 1120. The molecule has 3 rings (SSSR count). The van der Waals surface area contributed by atoms with Gasteiger partial charge in [0, 0.05) is 31.2 Å². The fourth-order valence-electron chi connectivity index (χ4n) is 3.22. The standard InChI is InChI=1S/C22H21Cl3FN3O3/c1-3-28(4-2)21(31)32-18-10-9-17-16(19(18)27-20(30)22(23,24)25)11-12-29(17)13-14-5-7-15(26)8-6-14/h5-12H,3-4,13H2,1-2H3,(H,27,30). The van der Waals surface area contributed by atoms with Crippen molar-refractivity contribution in [3.05, 3.63) is 60.0 Å². The number of ether oxygens (including phenoxy) is 1. The number of hydrogen-bond donors (Lipinski definition) is 1. The molecule has 6 nitrogen and oxygen atoms in total. The second kappa shape index (κ2) is 9.98. The minimum absolute atomic E-state index is 0.122. The van der Waals surface area contributed by atoms with E-state index in [1.54, 1.807) is 36.5 Å². The van der Waals surface area contributed by atoms with Gasteiger partial charge < -0.3 is 19.5 Å². The molecule has 1 heterocycles. The van der Waals surface area contributed by atoms with E-state index in [1.165, 1.54) is 17.0 Å². The first kappa shape index (κ1) is 24.2. The lowest BCUT2D eigenvalue weighted by atomic mass is 10.2. The zero-order valence-corrected chi connectivity index (χ0v) is 19.6. The molecule has 3 aromatic rings. The maximum absolute atomic E-state index is 13.2. The number of aromatic nitrogens is 1. The average Bonchev–Trinajstić information content (AvgIpc) is 3.14. The van der Waals surface area contributed by atoms with Crippen molar-refractivity contribution in [3.63, 3.8) is 0 Å². The first-order valence-electron chi connectivity index (χ1n) is 9.85. The third-order valence-corrected chi connectivity index (χ3v) is 5.41. The van der Waals surface area contributed by atoms with E-state index in [4.69, 9.17) is 39.5 Å². The molecule has 0 unspecified atom stereocenters. The predicted octanol–water partition coefficient (Wildman–Crippen LogP) is 5.98. The second-order valence-electron chi connectivity index (χ2n) is 6.93. The Labute approximate surface area is 199 Å². The Morgan fingerprint density at radius 2 is 1.72 bits per heavy atom. The molecule has 1 N–H and O–H groups in total. The Morgan fingerprint density at radius 3 is 2.31 bits per heavy atom. The molecule has 0 saturated heterocycles. The van der Waals surface area contributed by atoms with Crippen LogP contribution in [0, 0.1) is 5.82 Å². The normalized spacial score (nSPS) is 11.4. The molecule has 0 bridgehead atoms. The molecule has 0 aliphatic carbocycles. The fourth-order valence-corrected chi connectivity index (χ4v) is 3.36. The maximum atomic E-state index is 13.2. The van der Waals surface area contributed by atoms with Crippen molar-refractivity contribution in [1.82, 2.24) is 9.47 Å². The lowest BCUT2D eigenvalue weighted by Gasteiger charge is -2.20. The summed E-state index contributed by atoms with van der Waals surface area (Å²) in [4.78, 5) is 26.4. The van der Waals surface area contributed by atoms with Gasteiger partial charge in [-0.05, 0) is 49.7 Å². The van der Waals surface area contributed by atoms with E-state index in [1.807, 2.05) is 18.4 Å². The van der Waals surface area contributed by atoms with E-state index in [2.05, 4.69) is 5.32 Å². The summed E-state index contributed by atoms with van der Waals surface area (Å²) in [5.74, 6) is -1.08. The summed E-state index contributed by atoms with van der Waals surface area (Å²) in [6, 6.07) is 11.2. The van der Waals surface area contributed by atoms with Crippen molar-refractivity contribution in [3.8, 4) is 5.75 Å². The van der Waals surface area contributed by atoms with Crippen LogP contribution in [0.25, 0.3) is 10.9 Å². The highest BCUT2D eigenvalue weighted by Gasteiger charge is 2.32. The maximum Gasteiger partial charge on any atom is 0.415 e. The van der Waals surface area contributed by atoms with Crippen LogP contribution in [-0.4, -0.2) is 38.3 Å². The van der Waals surface area contributed by atoms with Gasteiger partial charge in [-0.1, -0.05) is 46.9 Å². The molecule has 1 aromatic heterocycles. The molecule has 0 spiro atoms. The van der Waals surface area contributed by atoms with Crippen LogP contribution in [-0.2, 0) is 11.3 Å². The summed E-state index contributed by atoms with van der Waals surface area (Å²) in [5, 5.41) is 3.15. The lowest BCUT2D eigenvalue weighted by molar-refractivity contribution is -0.115. The van der Waals surface area contributed by atoms with Gasteiger partial charge in [0.05, 0.1) is 11.2 Å². The van der Waals surface area contributed by atoms with Gasteiger partial charge in [-0.3, -0.25) is 4.79 Å². The highest BCUT2D eigenvalue weighted by molar-refractivity contribution is 6.76. The molecule has 0 saturated carbocycles. The van der Waals surface area contributed by atoms with E-state index in [-0.39, 0.29) is 17.3 Å². The fraction of sp³-hybridized carbons (Fsp3) is 0.273. The van der Waals surface area contributed by atoms with Crippen molar-refractivity contribution in [2.75, 3.05) is 18.4 Å². The molecular formula is C22H21Cl3FN3O3. The van der Waals surface area contributed by atoms with Crippen LogP contribution in [0.5, 0.6) is 5.75 Å². The molecule has 170 valence electrons. The van der Waals surface area contributed by atoms with Gasteiger partial charge in [-0.2, -0.15) is 0 Å². The zero-order valence-electron chi connectivity index (χ0n) is 17.4. The van der Waals surface area contributed by atoms with Crippen molar-refractivity contribution < 1.29 is 18.7 Å². The third kappa shape index (κ3) is 5.46. The van der Waals surface area contributed by atoms with Gasteiger partial charge in [-0.25, -0.2) is 9.18 Å². The summed E-state index contributed by atoms with van der Waals surface area (Å²) in [7, 11) is 0. The van der Waals surface area contributed by atoms with Crippen LogP contribution in [0.2, 0.25) is 0 Å². The number of carbonyl (C=O) groups is 2. The number of fused-ring (bicyclic) bond motifs is 1. The Hall–Kier alpha value is -2.48. The number of nitrogens with zero attached hydrogens (tertiary/aromatic N) is 2. The summed E-state index contributed by atoms with van der Waals surface area (Å²) < 4.78 is 18.5. The van der Waals surface area contributed by atoms with Crippen LogP contribution in [0.15, 0.2) is 48.7 Å². The zero-order chi connectivity index (χ0) is 23.5. The number of benzene rings is 2. The van der Waals surface area contributed by atoms with E-state index >= 15 is 0 Å². The summed E-state index contributed by atoms with van der Waals surface area (Å²) >= 11 is 17.2. The van der Waals surface area contributed by atoms with Crippen LogP contribution >= 0.6 is 34.8 Å². The Kier molecular flexibility index (Phi) is 7.54. The first-order valence-corrected chi connectivity index (χ1v) is 11.0. The van der Waals surface area contributed by atoms with Gasteiger partial charge in [-0.15, -0.1) is 0 Å². The second-order valence-corrected chi connectivity index (χ2v) is 9.21. The van der Waals surface area contributed by atoms with E-state index in [0.29, 0.717) is 25.0 Å². The molecule has 0 radical (unpaired) electrons. The third-order valence-electron chi connectivity index (χ3n) is 4.90. The average molecular weight is 501 g/mol. The number of nitrogens with one attached hydrogen (secondary N) is 1. The van der Waals surface area contributed by atoms with E-state index < -0.39 is 15.8 Å². The SMILES string of the molecule is CCN(CC)C(=O)Oc1ccc2c(ccn2Cc2ccc(F)cc2)c1NC(=O)C(Cl)(Cl)Cl. The summed E-state index contributed by atoms with van der Waals surface area (Å²) in [6.07, 6.45) is 1.24. The van der Waals surface area contributed by atoms with Crippen LogP contribution in [0.1, 0.15) is 19.4 Å². The molecule has 10 heteroatoms. The van der Waals surface area contributed by atoms with Crippen LogP contribution in [0.3, 0.4) is 0 Å². The molecule has 0 fully saturated rings. The van der Waals surface area contributed by atoms with E-state index in [0.717, 1.165) is 11.1 Å². The number of hydrogen-bond acceptors (Lipinski definition) is 3. The highest BCUT2D eigenvalue weighted by atomic mass is 35.6. The number of rotatable bonds is 6. The number of amides is 2. The molecular weight excluding hydrogens is 480 g/mol. The molecule has 0 aliphatic rings. The van der Waals surface area contributed by atoms with Crippen molar-refractivity contribution >= 4 is 63.4 Å². The van der Waals surface area contributed by atoms with Crippen molar-refractivity contribution in [1.29, 1.82) is 0 Å². The number of carbonyl (C=O) groups excluding carboxylic acids is 2.